The Morgan fingerprint density at radius 1 is 1.27 bits per heavy atom. The predicted octanol–water partition coefficient (Wildman–Crippen LogP) is 6.24. The Morgan fingerprint density at radius 2 is 2.00 bits per heavy atom. The number of aliphatic hydroxyl groups excluding tert-OH is 2. The second-order valence-corrected chi connectivity index (χ2v) is 11.4. The van der Waals surface area contributed by atoms with Crippen molar-refractivity contribution in [2.45, 2.75) is 104 Å². The highest BCUT2D eigenvalue weighted by molar-refractivity contribution is 6.32. The van der Waals surface area contributed by atoms with Crippen LogP contribution in [0.2, 0.25) is 0 Å². The molecular weight excluding hydrogens is 490 g/mol. The van der Waals surface area contributed by atoms with Gasteiger partial charge in [-0.15, -0.1) is 0 Å². The monoisotopic (exact) mass is 533 g/mol. The molecule has 37 heavy (non-hydrogen) atoms. The van der Waals surface area contributed by atoms with Gasteiger partial charge in [-0.25, -0.2) is 0 Å². The molecular formula is C30H44ClNO5. The van der Waals surface area contributed by atoms with Crippen molar-refractivity contribution in [2.24, 2.45) is 17.3 Å². The maximum Gasteiger partial charge on any atom is 0.309 e. The number of carbonyl (C=O) groups is 2. The minimum absolute atomic E-state index is 0.0621. The first-order valence-electron chi connectivity index (χ1n) is 13.5. The number of cyclic esters (lactones) is 1. The third-order valence-electron chi connectivity index (χ3n) is 7.49. The highest BCUT2D eigenvalue weighted by Crippen LogP contribution is 2.35. The molecule has 5 atom stereocenters. The number of pyridine rings is 1. The number of unbranched alkanes of at least 4 members (excludes halogenated alkanes) is 1. The van der Waals surface area contributed by atoms with E-state index in [1.54, 1.807) is 32.2 Å². The first-order chi connectivity index (χ1) is 17.5. The van der Waals surface area contributed by atoms with Gasteiger partial charge in [-0.05, 0) is 56.7 Å². The Morgan fingerprint density at radius 3 is 2.65 bits per heavy atom. The van der Waals surface area contributed by atoms with Gasteiger partial charge in [0.25, 0.3) is 0 Å². The van der Waals surface area contributed by atoms with E-state index in [1.165, 1.54) is 0 Å². The maximum atomic E-state index is 13.6. The van der Waals surface area contributed by atoms with E-state index in [2.05, 4.69) is 4.98 Å². The summed E-state index contributed by atoms with van der Waals surface area (Å²) in [5, 5.41) is 22.5. The lowest BCUT2D eigenvalue weighted by Crippen LogP contribution is -2.46. The molecule has 6 nitrogen and oxygen atoms in total. The van der Waals surface area contributed by atoms with Crippen LogP contribution in [-0.4, -0.2) is 45.3 Å². The van der Waals surface area contributed by atoms with Crippen LogP contribution in [0.15, 0.2) is 41.1 Å². The molecule has 0 unspecified atom stereocenters. The Hall–Kier alpha value is -2.02. The van der Waals surface area contributed by atoms with Gasteiger partial charge < -0.3 is 14.9 Å². The number of carbonyl (C=O) groups excluding carboxylic acids is 2. The van der Waals surface area contributed by atoms with E-state index in [4.69, 9.17) is 16.3 Å². The van der Waals surface area contributed by atoms with E-state index in [9.17, 15) is 19.8 Å². The lowest BCUT2D eigenvalue weighted by Gasteiger charge is -2.36. The number of esters is 1. The van der Waals surface area contributed by atoms with Crippen molar-refractivity contribution in [3.05, 3.63) is 46.8 Å². The number of Topliss-reactive ketones (excluding diaryl/α,β-unsaturated/α-hetero) is 1. The van der Waals surface area contributed by atoms with Gasteiger partial charge in [-0.1, -0.05) is 69.9 Å². The third-order valence-corrected chi connectivity index (χ3v) is 7.85. The summed E-state index contributed by atoms with van der Waals surface area (Å²) >= 11 is 6.59. The first-order valence-corrected chi connectivity index (χ1v) is 13.9. The zero-order chi connectivity index (χ0) is 27.6. The summed E-state index contributed by atoms with van der Waals surface area (Å²) in [6, 6.07) is 5.46. The highest BCUT2D eigenvalue weighted by Gasteiger charge is 2.43. The molecule has 0 radical (unpaired) electrons. The van der Waals surface area contributed by atoms with Crippen molar-refractivity contribution in [1.82, 2.24) is 4.98 Å². The number of allylic oxidation sites excluding steroid dienone is 1. The quantitative estimate of drug-likeness (QED) is 0.343. The standard InChI is InChI=1S/C30H44ClNO5/c1-6-7-14-23-28(35)21(3)12-10-11-20(2)15-16-25(24(31)18-22-13-8-9-17-32-22)37-27(34)19-26(33)30(4,5)29(23)36/h8-9,13,15,17-18,21,23,25-26,28,33,35H,6-7,10-12,14,16,19H2,1-5H3/b20-15-,24-18-/t21-,23+,25-,26-,28-/m0/s1. The summed E-state index contributed by atoms with van der Waals surface area (Å²) in [5.74, 6) is -1.51. The lowest BCUT2D eigenvalue weighted by atomic mass is 9.71. The maximum absolute atomic E-state index is 13.6. The van der Waals surface area contributed by atoms with Crippen LogP contribution in [0, 0.1) is 17.3 Å². The molecule has 1 aromatic heterocycles. The van der Waals surface area contributed by atoms with Crippen LogP contribution in [0.1, 0.15) is 91.7 Å². The molecule has 0 fully saturated rings. The van der Waals surface area contributed by atoms with Crippen LogP contribution in [0.4, 0.5) is 0 Å². The largest absolute Gasteiger partial charge is 0.456 e. The fourth-order valence-electron chi connectivity index (χ4n) is 4.74. The molecule has 0 saturated heterocycles. The van der Waals surface area contributed by atoms with E-state index in [-0.39, 0.29) is 18.1 Å². The summed E-state index contributed by atoms with van der Waals surface area (Å²) in [4.78, 5) is 30.8. The average Bonchev–Trinajstić information content (AvgIpc) is 2.86. The minimum Gasteiger partial charge on any atom is -0.456 e. The third kappa shape index (κ3) is 9.35. The van der Waals surface area contributed by atoms with Gasteiger partial charge in [0.2, 0.25) is 0 Å². The number of ether oxygens (including phenoxy) is 1. The molecule has 0 amide bonds. The molecule has 0 spiro atoms. The fraction of sp³-hybridized carbons (Fsp3) is 0.633. The first kappa shape index (κ1) is 31.2. The van der Waals surface area contributed by atoms with Gasteiger partial charge in [-0.2, -0.15) is 0 Å². The Labute approximate surface area is 227 Å². The van der Waals surface area contributed by atoms with Crippen LogP contribution < -0.4 is 0 Å². The molecule has 0 aromatic carbocycles. The second kappa shape index (κ2) is 14.8. The Balaban J connectivity index is 2.37. The van der Waals surface area contributed by atoms with E-state index in [0.29, 0.717) is 23.6 Å². The number of halogens is 1. The summed E-state index contributed by atoms with van der Waals surface area (Å²) < 4.78 is 5.73. The number of aromatic nitrogens is 1. The number of rotatable bonds is 5. The van der Waals surface area contributed by atoms with Crippen LogP contribution in [0.25, 0.3) is 6.08 Å². The molecule has 7 heteroatoms. The van der Waals surface area contributed by atoms with Gasteiger partial charge in [0.1, 0.15) is 11.9 Å². The van der Waals surface area contributed by atoms with E-state index < -0.39 is 35.6 Å². The zero-order valence-corrected chi connectivity index (χ0v) is 23.7. The topological polar surface area (TPSA) is 96.7 Å². The number of ketones is 1. The summed E-state index contributed by atoms with van der Waals surface area (Å²) in [6.45, 7) is 9.34. The molecule has 0 saturated carbocycles. The molecule has 1 aliphatic rings. The molecule has 0 aliphatic carbocycles. The molecule has 0 bridgehead atoms. The van der Waals surface area contributed by atoms with Crippen molar-refractivity contribution in [2.75, 3.05) is 0 Å². The van der Waals surface area contributed by atoms with Crippen molar-refractivity contribution in [1.29, 1.82) is 0 Å². The summed E-state index contributed by atoms with van der Waals surface area (Å²) in [6.07, 6.45) is 7.33. The second-order valence-electron chi connectivity index (χ2n) is 11.0. The van der Waals surface area contributed by atoms with Gasteiger partial charge in [-0.3, -0.25) is 14.6 Å². The number of hydrogen-bond donors (Lipinski definition) is 2. The SMILES string of the molecule is CCCC[C@H]1C(=O)C(C)(C)[C@@H](O)CC(=O)O[C@H](/C(Cl)=C/c2ccccn2)C/C=C(/C)CCC[C@H](C)[C@@H]1O. The minimum atomic E-state index is -1.26. The van der Waals surface area contributed by atoms with Gasteiger partial charge in [0.15, 0.2) is 0 Å². The van der Waals surface area contributed by atoms with E-state index in [0.717, 1.165) is 37.7 Å². The van der Waals surface area contributed by atoms with Gasteiger partial charge in [0, 0.05) is 18.5 Å². The lowest BCUT2D eigenvalue weighted by molar-refractivity contribution is -0.154. The number of aliphatic hydroxyl groups is 2. The van der Waals surface area contributed by atoms with Crippen molar-refractivity contribution < 1.29 is 24.5 Å². The van der Waals surface area contributed by atoms with Gasteiger partial charge >= 0.3 is 5.97 Å². The Bertz CT molecular complexity index is 943. The van der Waals surface area contributed by atoms with Crippen LogP contribution >= 0.6 is 11.6 Å². The Kier molecular flexibility index (Phi) is 12.5. The van der Waals surface area contributed by atoms with Crippen LogP contribution in [0.3, 0.4) is 0 Å². The number of hydrogen-bond acceptors (Lipinski definition) is 6. The van der Waals surface area contributed by atoms with E-state index in [1.807, 2.05) is 39.0 Å². The molecule has 1 aromatic rings. The van der Waals surface area contributed by atoms with Crippen molar-refractivity contribution >= 4 is 29.4 Å². The summed E-state index contributed by atoms with van der Waals surface area (Å²) in [7, 11) is 0. The number of nitrogens with zero attached hydrogens (tertiary/aromatic N) is 1. The van der Waals surface area contributed by atoms with Crippen molar-refractivity contribution in [3.8, 4) is 0 Å². The highest BCUT2D eigenvalue weighted by atomic mass is 35.5. The van der Waals surface area contributed by atoms with Crippen LogP contribution in [-0.2, 0) is 14.3 Å². The summed E-state index contributed by atoms with van der Waals surface area (Å²) in [5.41, 5.74) is 0.556. The smallest absolute Gasteiger partial charge is 0.309 e. The predicted molar refractivity (Wildman–Crippen MR) is 148 cm³/mol. The molecule has 2 N–H and O–H groups in total. The van der Waals surface area contributed by atoms with E-state index >= 15 is 0 Å². The van der Waals surface area contributed by atoms with Gasteiger partial charge in [0.05, 0.1) is 34.8 Å². The molecule has 2 heterocycles. The van der Waals surface area contributed by atoms with Crippen molar-refractivity contribution in [3.63, 3.8) is 0 Å². The zero-order valence-electron chi connectivity index (χ0n) is 23.0. The normalized spacial score (nSPS) is 30.3. The average molecular weight is 534 g/mol. The molecule has 1 aliphatic heterocycles. The fourth-order valence-corrected chi connectivity index (χ4v) is 4.98. The molecule has 2 rings (SSSR count). The molecule has 206 valence electrons. The van der Waals surface area contributed by atoms with Crippen LogP contribution in [0.5, 0.6) is 0 Å².